The second-order valence-corrected chi connectivity index (χ2v) is 9.98. The fourth-order valence-electron chi connectivity index (χ4n) is 4.60. The molecular formula is C21H31FN2O5S. The second-order valence-electron chi connectivity index (χ2n) is 8.20. The molecule has 1 heterocycles. The first-order valence-corrected chi connectivity index (χ1v) is 12.4. The molecule has 2 aliphatic rings. The van der Waals surface area contributed by atoms with Crippen LogP contribution < -0.4 is 4.72 Å². The van der Waals surface area contributed by atoms with Crippen LogP contribution in [0.3, 0.4) is 0 Å². The molecule has 0 unspecified atom stereocenters. The van der Waals surface area contributed by atoms with E-state index in [-0.39, 0.29) is 24.4 Å². The monoisotopic (exact) mass is 442 g/mol. The van der Waals surface area contributed by atoms with E-state index >= 15 is 0 Å². The van der Waals surface area contributed by atoms with Gasteiger partial charge in [0, 0.05) is 12.6 Å². The molecule has 0 aromatic heterocycles. The molecule has 0 radical (unpaired) electrons. The van der Waals surface area contributed by atoms with Gasteiger partial charge in [-0.05, 0) is 56.1 Å². The molecule has 30 heavy (non-hydrogen) atoms. The molecule has 1 aromatic carbocycles. The molecule has 1 saturated carbocycles. The number of nitrogens with one attached hydrogen (secondary N) is 1. The number of sulfonamides is 1. The topological polar surface area (TPSA) is 84.9 Å². The number of hydrogen-bond acceptors (Lipinski definition) is 5. The van der Waals surface area contributed by atoms with E-state index < -0.39 is 28.2 Å². The first kappa shape index (κ1) is 23.0. The third-order valence-electron chi connectivity index (χ3n) is 6.08. The van der Waals surface area contributed by atoms with Crippen LogP contribution in [0.2, 0.25) is 0 Å². The molecule has 0 bridgehead atoms. The minimum Gasteiger partial charge on any atom is -0.453 e. The van der Waals surface area contributed by atoms with Crippen molar-refractivity contribution in [2.75, 3.05) is 26.5 Å². The molecule has 1 aliphatic heterocycles. The summed E-state index contributed by atoms with van der Waals surface area (Å²) >= 11 is 0. The van der Waals surface area contributed by atoms with E-state index in [4.69, 9.17) is 9.47 Å². The third-order valence-corrected chi connectivity index (χ3v) is 6.81. The lowest BCUT2D eigenvalue weighted by molar-refractivity contribution is -0.0246. The van der Waals surface area contributed by atoms with Gasteiger partial charge in [0.05, 0.1) is 32.1 Å². The van der Waals surface area contributed by atoms with Gasteiger partial charge in [0.1, 0.15) is 5.82 Å². The molecule has 0 spiro atoms. The summed E-state index contributed by atoms with van der Waals surface area (Å²) in [6.07, 6.45) is 5.24. The highest BCUT2D eigenvalue weighted by molar-refractivity contribution is 7.88. The van der Waals surface area contributed by atoms with E-state index in [1.807, 2.05) is 12.1 Å². The quantitative estimate of drug-likeness (QED) is 0.732. The minimum atomic E-state index is -3.42. The number of ether oxygens (including phenoxy) is 2. The average Bonchev–Trinajstić information content (AvgIpc) is 2.72. The van der Waals surface area contributed by atoms with Crippen LogP contribution >= 0.6 is 0 Å². The zero-order valence-corrected chi connectivity index (χ0v) is 18.4. The summed E-state index contributed by atoms with van der Waals surface area (Å²) in [6, 6.07) is 6.07. The lowest BCUT2D eigenvalue weighted by Gasteiger charge is -2.41. The van der Waals surface area contributed by atoms with Crippen molar-refractivity contribution < 1.29 is 27.1 Å². The Kier molecular flexibility index (Phi) is 7.70. The van der Waals surface area contributed by atoms with Gasteiger partial charge in [-0.25, -0.2) is 22.3 Å². The molecule has 9 heteroatoms. The lowest BCUT2D eigenvalue weighted by atomic mass is 9.82. The summed E-state index contributed by atoms with van der Waals surface area (Å²) in [5.41, 5.74) is 0.762. The standard InChI is InChI=1S/C21H31FN2O5S/c1-28-21(25)24-13-5-8-19(23-30(2,26)27)20(24)14-29-16-11-9-15(10-12-16)17-6-3-4-7-18(17)22/h3-4,6-7,15-16,19-20,23H,5,8-14H2,1-2H3/t15-,16+,19-,20-/m0/s1. The molecule has 1 aliphatic carbocycles. The van der Waals surface area contributed by atoms with Crippen LogP contribution in [0, 0.1) is 5.82 Å². The van der Waals surface area contributed by atoms with Crippen molar-refractivity contribution in [3.05, 3.63) is 35.6 Å². The largest absolute Gasteiger partial charge is 0.453 e. The van der Waals surface area contributed by atoms with Gasteiger partial charge >= 0.3 is 6.09 Å². The summed E-state index contributed by atoms with van der Waals surface area (Å²) in [5, 5.41) is 0. The SMILES string of the molecule is COC(=O)N1CCC[C@H](NS(C)(=O)=O)[C@@H]1CO[C@H]1CC[C@@H](c2ccccc2F)CC1. The van der Waals surface area contributed by atoms with Gasteiger partial charge in [0.15, 0.2) is 0 Å². The van der Waals surface area contributed by atoms with E-state index in [9.17, 15) is 17.6 Å². The molecule has 2 fully saturated rings. The van der Waals surface area contributed by atoms with E-state index in [1.54, 1.807) is 11.0 Å². The molecule has 2 atom stereocenters. The number of hydrogen-bond donors (Lipinski definition) is 1. The van der Waals surface area contributed by atoms with Crippen molar-refractivity contribution in [1.82, 2.24) is 9.62 Å². The average molecular weight is 443 g/mol. The number of piperidine rings is 1. The highest BCUT2D eigenvalue weighted by Crippen LogP contribution is 2.35. The van der Waals surface area contributed by atoms with E-state index in [2.05, 4.69) is 4.72 Å². The Morgan fingerprint density at radius 2 is 1.90 bits per heavy atom. The number of benzene rings is 1. The van der Waals surface area contributed by atoms with Gasteiger partial charge in [-0.3, -0.25) is 0 Å². The number of likely N-dealkylation sites (tertiary alicyclic amines) is 1. The number of halogens is 1. The molecule has 1 amide bonds. The molecule has 1 aromatic rings. The minimum absolute atomic E-state index is 0.00771. The summed E-state index contributed by atoms with van der Waals surface area (Å²) in [4.78, 5) is 13.8. The molecule has 168 valence electrons. The maximum absolute atomic E-state index is 14.1. The highest BCUT2D eigenvalue weighted by atomic mass is 32.2. The molecule has 1 N–H and O–H groups in total. The number of carbonyl (C=O) groups is 1. The number of amides is 1. The van der Waals surface area contributed by atoms with Gasteiger partial charge in [-0.15, -0.1) is 0 Å². The van der Waals surface area contributed by atoms with E-state index in [1.165, 1.54) is 13.2 Å². The first-order chi connectivity index (χ1) is 14.3. The maximum atomic E-state index is 14.1. The second kappa shape index (κ2) is 10.1. The van der Waals surface area contributed by atoms with Crippen molar-refractivity contribution in [2.45, 2.75) is 62.6 Å². The van der Waals surface area contributed by atoms with E-state index in [0.717, 1.165) is 37.5 Å². The summed E-state index contributed by atoms with van der Waals surface area (Å²) < 4.78 is 51.3. The number of carbonyl (C=O) groups excluding carboxylic acids is 1. The summed E-state index contributed by atoms with van der Waals surface area (Å²) in [6.45, 7) is 0.736. The van der Waals surface area contributed by atoms with Crippen LogP contribution in [0.1, 0.15) is 50.0 Å². The van der Waals surface area contributed by atoms with Gasteiger partial charge in [0.25, 0.3) is 0 Å². The number of methoxy groups -OCH3 is 1. The zero-order chi connectivity index (χ0) is 21.7. The Hall–Kier alpha value is -1.71. The van der Waals surface area contributed by atoms with Gasteiger partial charge in [-0.2, -0.15) is 0 Å². The maximum Gasteiger partial charge on any atom is 0.409 e. The van der Waals surface area contributed by atoms with Crippen LogP contribution in [0.4, 0.5) is 9.18 Å². The Morgan fingerprint density at radius 3 is 2.53 bits per heavy atom. The van der Waals surface area contributed by atoms with Crippen molar-refractivity contribution in [1.29, 1.82) is 0 Å². The Balaban J connectivity index is 1.60. The fraction of sp³-hybridized carbons (Fsp3) is 0.667. The fourth-order valence-corrected chi connectivity index (χ4v) is 5.43. The molecule has 7 nitrogen and oxygen atoms in total. The third kappa shape index (κ3) is 5.92. The van der Waals surface area contributed by atoms with Crippen LogP contribution in [-0.4, -0.2) is 64.1 Å². The predicted octanol–water partition coefficient (Wildman–Crippen LogP) is 3.02. The van der Waals surface area contributed by atoms with Crippen molar-refractivity contribution in [3.8, 4) is 0 Å². The Morgan fingerprint density at radius 1 is 1.20 bits per heavy atom. The molecule has 3 rings (SSSR count). The van der Waals surface area contributed by atoms with Crippen molar-refractivity contribution in [3.63, 3.8) is 0 Å². The number of nitrogens with zero attached hydrogens (tertiary/aromatic N) is 1. The van der Waals surface area contributed by atoms with Crippen LogP contribution in [0.15, 0.2) is 24.3 Å². The predicted molar refractivity (Wildman–Crippen MR) is 111 cm³/mol. The summed E-state index contributed by atoms with van der Waals surface area (Å²) in [7, 11) is -2.10. The van der Waals surface area contributed by atoms with Gasteiger partial charge < -0.3 is 14.4 Å². The molecule has 1 saturated heterocycles. The number of rotatable bonds is 6. The van der Waals surface area contributed by atoms with Gasteiger partial charge in [-0.1, -0.05) is 18.2 Å². The van der Waals surface area contributed by atoms with Crippen LogP contribution in [0.5, 0.6) is 0 Å². The van der Waals surface area contributed by atoms with Crippen LogP contribution in [-0.2, 0) is 19.5 Å². The first-order valence-electron chi connectivity index (χ1n) is 10.5. The normalized spacial score (nSPS) is 27.6. The van der Waals surface area contributed by atoms with Crippen molar-refractivity contribution in [2.24, 2.45) is 0 Å². The van der Waals surface area contributed by atoms with Crippen LogP contribution in [0.25, 0.3) is 0 Å². The zero-order valence-electron chi connectivity index (χ0n) is 17.6. The smallest absolute Gasteiger partial charge is 0.409 e. The van der Waals surface area contributed by atoms with Crippen molar-refractivity contribution >= 4 is 16.1 Å². The van der Waals surface area contributed by atoms with Gasteiger partial charge in [0.2, 0.25) is 10.0 Å². The van der Waals surface area contributed by atoms with E-state index in [0.29, 0.717) is 19.4 Å². The molecular weight excluding hydrogens is 411 g/mol. The Labute approximate surface area is 178 Å². The lowest BCUT2D eigenvalue weighted by Crippen LogP contribution is -2.59. The highest BCUT2D eigenvalue weighted by Gasteiger charge is 2.37. The summed E-state index contributed by atoms with van der Waals surface area (Å²) in [5.74, 6) is 0.0273. The Bertz CT molecular complexity index is 826.